The van der Waals surface area contributed by atoms with Crippen molar-refractivity contribution in [3.05, 3.63) is 41.9 Å². The quantitative estimate of drug-likeness (QED) is 0.820. The normalized spacial score (nSPS) is 18.8. The molecule has 0 N–H and O–H groups in total. The molecule has 1 aliphatic heterocycles. The Balaban J connectivity index is 1.77. The average Bonchev–Trinajstić information content (AvgIpc) is 2.88. The smallest absolute Gasteiger partial charge is 0.133 e. The zero-order valence-corrected chi connectivity index (χ0v) is 11.2. The molecule has 5 heteroatoms. The van der Waals surface area contributed by atoms with Gasteiger partial charge in [0.1, 0.15) is 17.5 Å². The molecule has 1 fully saturated rings. The molecule has 0 aromatic carbocycles. The second kappa shape index (κ2) is 4.91. The first kappa shape index (κ1) is 12.0. The van der Waals surface area contributed by atoms with Crippen LogP contribution in [0.1, 0.15) is 29.7 Å². The molecule has 0 saturated carbocycles. The van der Waals surface area contributed by atoms with Crippen molar-refractivity contribution in [3.8, 4) is 0 Å². The molecule has 2 aromatic heterocycles. The molecule has 1 saturated heterocycles. The van der Waals surface area contributed by atoms with Gasteiger partial charge in [0.25, 0.3) is 0 Å². The van der Waals surface area contributed by atoms with Crippen molar-refractivity contribution in [1.82, 2.24) is 19.9 Å². The third kappa shape index (κ3) is 2.54. The van der Waals surface area contributed by atoms with E-state index >= 15 is 0 Å². The minimum absolute atomic E-state index is 0.398. The Kier molecular flexibility index (Phi) is 3.11. The lowest BCUT2D eigenvalue weighted by Crippen LogP contribution is -2.21. The summed E-state index contributed by atoms with van der Waals surface area (Å²) in [6.45, 7) is 5.85. The number of rotatable bonds is 2. The van der Waals surface area contributed by atoms with E-state index < -0.39 is 0 Å². The van der Waals surface area contributed by atoms with Crippen molar-refractivity contribution in [2.24, 2.45) is 0 Å². The Bertz CT molecular complexity index is 532. The molecule has 0 unspecified atom stereocenters. The van der Waals surface area contributed by atoms with Crippen molar-refractivity contribution in [3.63, 3.8) is 0 Å². The van der Waals surface area contributed by atoms with Crippen LogP contribution in [0.4, 0.5) is 5.82 Å². The van der Waals surface area contributed by atoms with E-state index in [-0.39, 0.29) is 0 Å². The molecule has 2 aromatic rings. The van der Waals surface area contributed by atoms with Crippen molar-refractivity contribution in [2.45, 2.75) is 26.2 Å². The summed E-state index contributed by atoms with van der Waals surface area (Å²) in [7, 11) is 0. The maximum absolute atomic E-state index is 4.53. The Labute approximate surface area is 112 Å². The van der Waals surface area contributed by atoms with Gasteiger partial charge in [0.2, 0.25) is 0 Å². The van der Waals surface area contributed by atoms with E-state index in [1.165, 1.54) is 0 Å². The Morgan fingerprint density at radius 2 is 1.95 bits per heavy atom. The lowest BCUT2D eigenvalue weighted by Gasteiger charge is -2.17. The molecular formula is C14H17N5. The van der Waals surface area contributed by atoms with Crippen molar-refractivity contribution in [1.29, 1.82) is 0 Å². The summed E-state index contributed by atoms with van der Waals surface area (Å²) in [6, 6.07) is 3.90. The fraction of sp³-hybridized carbons (Fsp3) is 0.429. The summed E-state index contributed by atoms with van der Waals surface area (Å²) in [5.74, 6) is 3.17. The van der Waals surface area contributed by atoms with Gasteiger partial charge in [-0.25, -0.2) is 19.9 Å². The SMILES string of the molecule is Cc1ccnc([C@@H]2CCN(c3ccnc(C)n3)C2)n1. The Hall–Kier alpha value is -2.04. The highest BCUT2D eigenvalue weighted by atomic mass is 15.2. The van der Waals surface area contributed by atoms with Gasteiger partial charge in [0.05, 0.1) is 0 Å². The second-order valence-corrected chi connectivity index (χ2v) is 4.95. The molecule has 0 spiro atoms. The molecule has 0 aliphatic carbocycles. The highest BCUT2D eigenvalue weighted by molar-refractivity contribution is 5.39. The minimum atomic E-state index is 0.398. The molecule has 0 bridgehead atoms. The predicted molar refractivity (Wildman–Crippen MR) is 73.1 cm³/mol. The van der Waals surface area contributed by atoms with Crippen molar-refractivity contribution in [2.75, 3.05) is 18.0 Å². The zero-order chi connectivity index (χ0) is 13.2. The number of anilines is 1. The lowest BCUT2D eigenvalue weighted by atomic mass is 10.1. The fourth-order valence-corrected chi connectivity index (χ4v) is 2.46. The summed E-state index contributed by atoms with van der Waals surface area (Å²) in [4.78, 5) is 19.8. The minimum Gasteiger partial charge on any atom is -0.356 e. The summed E-state index contributed by atoms with van der Waals surface area (Å²) >= 11 is 0. The summed E-state index contributed by atoms with van der Waals surface area (Å²) < 4.78 is 0. The van der Waals surface area contributed by atoms with Crippen LogP contribution in [0.3, 0.4) is 0 Å². The predicted octanol–water partition coefficient (Wildman–Crippen LogP) is 1.88. The van der Waals surface area contributed by atoms with E-state index in [4.69, 9.17) is 0 Å². The van der Waals surface area contributed by atoms with Gasteiger partial charge in [0, 0.05) is 37.1 Å². The van der Waals surface area contributed by atoms with Gasteiger partial charge in [-0.15, -0.1) is 0 Å². The molecule has 0 amide bonds. The van der Waals surface area contributed by atoms with Crippen LogP contribution in [0.25, 0.3) is 0 Å². The first-order valence-corrected chi connectivity index (χ1v) is 6.56. The van der Waals surface area contributed by atoms with Gasteiger partial charge in [-0.05, 0) is 32.4 Å². The average molecular weight is 255 g/mol. The lowest BCUT2D eigenvalue weighted by molar-refractivity contribution is 0.703. The number of hydrogen-bond donors (Lipinski definition) is 0. The van der Waals surface area contributed by atoms with Crippen molar-refractivity contribution < 1.29 is 0 Å². The van der Waals surface area contributed by atoms with Gasteiger partial charge in [-0.1, -0.05) is 0 Å². The van der Waals surface area contributed by atoms with Gasteiger partial charge >= 0.3 is 0 Å². The van der Waals surface area contributed by atoms with Gasteiger partial charge < -0.3 is 4.90 Å². The Morgan fingerprint density at radius 3 is 2.74 bits per heavy atom. The second-order valence-electron chi connectivity index (χ2n) is 4.95. The highest BCUT2D eigenvalue weighted by Gasteiger charge is 2.26. The summed E-state index contributed by atoms with van der Waals surface area (Å²) in [5.41, 5.74) is 1.03. The first-order valence-electron chi connectivity index (χ1n) is 6.56. The van der Waals surface area contributed by atoms with E-state index in [1.807, 2.05) is 38.4 Å². The number of aryl methyl sites for hydroxylation is 2. The molecule has 98 valence electrons. The summed E-state index contributed by atoms with van der Waals surface area (Å²) in [5, 5.41) is 0. The van der Waals surface area contributed by atoms with Crippen LogP contribution in [0, 0.1) is 13.8 Å². The summed E-state index contributed by atoms with van der Waals surface area (Å²) in [6.07, 6.45) is 4.73. The van der Waals surface area contributed by atoms with Crippen LogP contribution in [-0.4, -0.2) is 33.0 Å². The number of aromatic nitrogens is 4. The monoisotopic (exact) mass is 255 g/mol. The molecule has 1 aliphatic rings. The maximum Gasteiger partial charge on any atom is 0.133 e. The molecular weight excluding hydrogens is 238 g/mol. The van der Waals surface area contributed by atoms with E-state index in [0.29, 0.717) is 5.92 Å². The number of nitrogens with zero attached hydrogens (tertiary/aromatic N) is 5. The third-order valence-corrected chi connectivity index (χ3v) is 3.45. The Morgan fingerprint density at radius 1 is 1.11 bits per heavy atom. The van der Waals surface area contributed by atoms with E-state index in [0.717, 1.165) is 42.7 Å². The largest absolute Gasteiger partial charge is 0.356 e. The number of hydrogen-bond acceptors (Lipinski definition) is 5. The molecule has 3 rings (SSSR count). The van der Waals surface area contributed by atoms with Crippen LogP contribution in [0.5, 0.6) is 0 Å². The van der Waals surface area contributed by atoms with E-state index in [9.17, 15) is 0 Å². The van der Waals surface area contributed by atoms with E-state index in [1.54, 1.807) is 0 Å². The van der Waals surface area contributed by atoms with Crippen LogP contribution < -0.4 is 4.90 Å². The van der Waals surface area contributed by atoms with Gasteiger partial charge in [-0.2, -0.15) is 0 Å². The van der Waals surface area contributed by atoms with Crippen molar-refractivity contribution >= 4 is 5.82 Å². The zero-order valence-electron chi connectivity index (χ0n) is 11.2. The van der Waals surface area contributed by atoms with Crippen LogP contribution in [0.2, 0.25) is 0 Å². The van der Waals surface area contributed by atoms with Crippen LogP contribution in [-0.2, 0) is 0 Å². The maximum atomic E-state index is 4.53. The van der Waals surface area contributed by atoms with Crippen LogP contribution >= 0.6 is 0 Å². The fourth-order valence-electron chi connectivity index (χ4n) is 2.46. The topological polar surface area (TPSA) is 54.8 Å². The molecule has 3 heterocycles. The van der Waals surface area contributed by atoms with Crippen LogP contribution in [0.15, 0.2) is 24.5 Å². The molecule has 19 heavy (non-hydrogen) atoms. The first-order chi connectivity index (χ1) is 9.22. The van der Waals surface area contributed by atoms with Gasteiger partial charge in [-0.3, -0.25) is 0 Å². The molecule has 0 radical (unpaired) electrons. The standard InChI is InChI=1S/C14H17N5/c1-10-3-6-16-14(17-10)12-5-8-19(9-12)13-4-7-15-11(2)18-13/h3-4,6-7,12H,5,8-9H2,1-2H3/t12-/m1/s1. The molecule has 1 atom stereocenters. The third-order valence-electron chi connectivity index (χ3n) is 3.45. The highest BCUT2D eigenvalue weighted by Crippen LogP contribution is 2.27. The van der Waals surface area contributed by atoms with E-state index in [2.05, 4.69) is 24.8 Å². The molecule has 5 nitrogen and oxygen atoms in total. The van der Waals surface area contributed by atoms with Gasteiger partial charge in [0.15, 0.2) is 0 Å².